The molecule has 1 atom stereocenters. The molecular weight excluding hydrogens is 258 g/mol. The predicted octanol–water partition coefficient (Wildman–Crippen LogP) is 2.78. The van der Waals surface area contributed by atoms with Gasteiger partial charge in [-0.05, 0) is 34.7 Å². The standard InChI is InChI=1S/C19H21NO/c1-19(2)13-15-7-5-4-6-14(15)12-18(19)20-16-8-10-17(21-3)11-9-16/h4-13,18,20H,1-3H3. The maximum atomic E-state index is 5.20. The number of hydrogen-bond acceptors (Lipinski definition) is 2. The van der Waals surface area contributed by atoms with Gasteiger partial charge in [-0.15, -0.1) is 0 Å². The zero-order valence-electron chi connectivity index (χ0n) is 12.8. The minimum atomic E-state index is 0.0638. The molecule has 0 spiro atoms. The van der Waals surface area contributed by atoms with E-state index in [1.54, 1.807) is 7.11 Å². The Labute approximate surface area is 125 Å². The highest BCUT2D eigenvalue weighted by Crippen LogP contribution is 2.28. The Bertz CT molecular complexity index is 744. The van der Waals surface area contributed by atoms with E-state index in [1.165, 1.54) is 10.4 Å². The lowest BCUT2D eigenvalue weighted by molar-refractivity contribution is 0.415. The Morgan fingerprint density at radius 1 is 0.952 bits per heavy atom. The molecule has 2 heteroatoms. The molecular formula is C19H21NO. The van der Waals surface area contributed by atoms with Crippen LogP contribution in [0.3, 0.4) is 0 Å². The fourth-order valence-corrected chi connectivity index (χ4v) is 2.77. The van der Waals surface area contributed by atoms with Crippen molar-refractivity contribution in [2.75, 3.05) is 12.4 Å². The van der Waals surface area contributed by atoms with Crippen LogP contribution in [0.1, 0.15) is 13.8 Å². The van der Waals surface area contributed by atoms with Crippen LogP contribution in [-0.4, -0.2) is 13.2 Å². The van der Waals surface area contributed by atoms with E-state index in [-0.39, 0.29) is 11.5 Å². The Kier molecular flexibility index (Phi) is 3.46. The summed E-state index contributed by atoms with van der Waals surface area (Å²) in [6.07, 6.45) is 4.67. The van der Waals surface area contributed by atoms with E-state index in [0.717, 1.165) is 11.4 Å². The largest absolute Gasteiger partial charge is 0.497 e. The van der Waals surface area contributed by atoms with E-state index in [4.69, 9.17) is 4.74 Å². The summed E-state index contributed by atoms with van der Waals surface area (Å²) < 4.78 is 5.20. The Hall–Kier alpha value is -2.22. The van der Waals surface area contributed by atoms with E-state index in [9.17, 15) is 0 Å². The van der Waals surface area contributed by atoms with Crippen LogP contribution in [0.15, 0.2) is 48.5 Å². The van der Waals surface area contributed by atoms with E-state index in [0.29, 0.717) is 0 Å². The molecule has 1 aliphatic carbocycles. The SMILES string of the molecule is COc1ccc(NC2C=c3ccccc3=CC2(C)C)cc1. The minimum Gasteiger partial charge on any atom is -0.497 e. The first kappa shape index (κ1) is 13.7. The summed E-state index contributed by atoms with van der Waals surface area (Å²) in [7, 11) is 1.69. The zero-order chi connectivity index (χ0) is 14.9. The van der Waals surface area contributed by atoms with Crippen molar-refractivity contribution in [3.8, 4) is 5.75 Å². The second-order valence-corrected chi connectivity index (χ2v) is 6.11. The normalized spacial score (nSPS) is 18.9. The quantitative estimate of drug-likeness (QED) is 0.933. The lowest BCUT2D eigenvalue weighted by atomic mass is 9.80. The zero-order valence-corrected chi connectivity index (χ0v) is 12.8. The van der Waals surface area contributed by atoms with Gasteiger partial charge in [0.2, 0.25) is 0 Å². The lowest BCUT2D eigenvalue weighted by Crippen LogP contribution is -2.43. The minimum absolute atomic E-state index is 0.0638. The maximum absolute atomic E-state index is 5.20. The van der Waals surface area contributed by atoms with Crippen LogP contribution in [0.25, 0.3) is 12.2 Å². The van der Waals surface area contributed by atoms with Gasteiger partial charge in [0.15, 0.2) is 0 Å². The van der Waals surface area contributed by atoms with Crippen molar-refractivity contribution in [3.05, 3.63) is 59.0 Å². The first-order chi connectivity index (χ1) is 10.1. The topological polar surface area (TPSA) is 21.3 Å². The summed E-state index contributed by atoms with van der Waals surface area (Å²) in [5.74, 6) is 0.879. The Morgan fingerprint density at radius 3 is 2.29 bits per heavy atom. The first-order valence-electron chi connectivity index (χ1n) is 7.29. The van der Waals surface area contributed by atoms with Crippen molar-refractivity contribution >= 4 is 17.8 Å². The van der Waals surface area contributed by atoms with Crippen LogP contribution in [0, 0.1) is 5.41 Å². The number of hydrogen-bond donors (Lipinski definition) is 1. The van der Waals surface area contributed by atoms with Crippen LogP contribution in [0.4, 0.5) is 5.69 Å². The smallest absolute Gasteiger partial charge is 0.119 e. The molecule has 2 aromatic carbocycles. The number of anilines is 1. The molecule has 0 saturated heterocycles. The summed E-state index contributed by atoms with van der Waals surface area (Å²) in [5.41, 5.74) is 1.17. The number of fused-ring (bicyclic) bond motifs is 1. The molecule has 0 amide bonds. The van der Waals surface area contributed by atoms with Crippen molar-refractivity contribution in [1.29, 1.82) is 0 Å². The summed E-state index contributed by atoms with van der Waals surface area (Å²) in [5, 5.41) is 6.23. The van der Waals surface area contributed by atoms with E-state index < -0.39 is 0 Å². The molecule has 2 nitrogen and oxygen atoms in total. The molecule has 1 aliphatic rings. The highest BCUT2D eigenvalue weighted by molar-refractivity contribution is 5.57. The Balaban J connectivity index is 1.93. The van der Waals surface area contributed by atoms with Crippen molar-refractivity contribution < 1.29 is 4.74 Å². The number of benzene rings is 2. The van der Waals surface area contributed by atoms with Crippen molar-refractivity contribution in [2.24, 2.45) is 5.41 Å². The molecule has 0 aliphatic heterocycles. The van der Waals surface area contributed by atoms with Gasteiger partial charge in [-0.3, -0.25) is 0 Å². The molecule has 0 fully saturated rings. The molecule has 0 aromatic heterocycles. The van der Waals surface area contributed by atoms with Crippen LogP contribution < -0.4 is 20.5 Å². The number of nitrogens with one attached hydrogen (secondary N) is 1. The summed E-state index contributed by atoms with van der Waals surface area (Å²) in [6.45, 7) is 4.53. The third-order valence-electron chi connectivity index (χ3n) is 4.08. The van der Waals surface area contributed by atoms with Crippen LogP contribution in [0.5, 0.6) is 5.75 Å². The lowest BCUT2D eigenvalue weighted by Gasteiger charge is -2.33. The molecule has 108 valence electrons. The monoisotopic (exact) mass is 279 g/mol. The molecule has 1 N–H and O–H groups in total. The van der Waals surface area contributed by atoms with Crippen LogP contribution in [-0.2, 0) is 0 Å². The van der Waals surface area contributed by atoms with Crippen molar-refractivity contribution in [2.45, 2.75) is 19.9 Å². The van der Waals surface area contributed by atoms with Gasteiger partial charge < -0.3 is 10.1 Å². The third kappa shape index (κ3) is 2.80. The van der Waals surface area contributed by atoms with Gasteiger partial charge in [-0.2, -0.15) is 0 Å². The van der Waals surface area contributed by atoms with Gasteiger partial charge >= 0.3 is 0 Å². The van der Waals surface area contributed by atoms with Gasteiger partial charge in [0.05, 0.1) is 13.2 Å². The summed E-state index contributed by atoms with van der Waals surface area (Å²) >= 11 is 0. The fraction of sp³-hybridized carbons (Fsp3) is 0.263. The second-order valence-electron chi connectivity index (χ2n) is 6.11. The average molecular weight is 279 g/mol. The van der Waals surface area contributed by atoms with Crippen molar-refractivity contribution in [3.63, 3.8) is 0 Å². The fourth-order valence-electron chi connectivity index (χ4n) is 2.77. The predicted molar refractivity (Wildman–Crippen MR) is 88.8 cm³/mol. The highest BCUT2D eigenvalue weighted by atomic mass is 16.5. The number of ether oxygens (including phenoxy) is 1. The molecule has 0 saturated carbocycles. The van der Waals surface area contributed by atoms with Crippen LogP contribution in [0.2, 0.25) is 0 Å². The first-order valence-corrected chi connectivity index (χ1v) is 7.29. The number of methoxy groups -OCH3 is 1. The molecule has 3 rings (SSSR count). The number of rotatable bonds is 3. The molecule has 2 aromatic rings. The van der Waals surface area contributed by atoms with E-state index >= 15 is 0 Å². The van der Waals surface area contributed by atoms with Gasteiger partial charge in [0, 0.05) is 11.1 Å². The maximum Gasteiger partial charge on any atom is 0.119 e. The average Bonchev–Trinajstić information content (AvgIpc) is 2.48. The molecule has 1 unspecified atom stereocenters. The van der Waals surface area contributed by atoms with Crippen molar-refractivity contribution in [1.82, 2.24) is 0 Å². The molecule has 0 bridgehead atoms. The molecule has 0 radical (unpaired) electrons. The Morgan fingerprint density at radius 2 is 1.62 bits per heavy atom. The van der Waals surface area contributed by atoms with Gasteiger partial charge in [0.25, 0.3) is 0 Å². The van der Waals surface area contributed by atoms with Gasteiger partial charge in [0.1, 0.15) is 5.75 Å². The summed E-state index contributed by atoms with van der Waals surface area (Å²) in [6, 6.07) is 16.9. The van der Waals surface area contributed by atoms with Crippen LogP contribution >= 0.6 is 0 Å². The highest BCUT2D eigenvalue weighted by Gasteiger charge is 2.27. The third-order valence-corrected chi connectivity index (χ3v) is 4.08. The summed E-state index contributed by atoms with van der Waals surface area (Å²) in [4.78, 5) is 0. The van der Waals surface area contributed by atoms with E-state index in [1.807, 2.05) is 12.1 Å². The van der Waals surface area contributed by atoms with Gasteiger partial charge in [-0.25, -0.2) is 0 Å². The second kappa shape index (κ2) is 5.28. The van der Waals surface area contributed by atoms with Gasteiger partial charge in [-0.1, -0.05) is 50.3 Å². The molecule has 21 heavy (non-hydrogen) atoms. The molecule has 0 heterocycles. The van der Waals surface area contributed by atoms with E-state index in [2.05, 4.69) is 67.7 Å².